The average molecular weight is 212 g/mol. The number of hydrogen-bond donors (Lipinski definition) is 0. The molecule has 0 aliphatic carbocycles. The van der Waals surface area contributed by atoms with E-state index < -0.39 is 0 Å². The van der Waals surface area contributed by atoms with Crippen molar-refractivity contribution in [2.24, 2.45) is 0 Å². The number of Topliss-reactive ketones (excluding diaryl/α,β-unsaturated/α-hetero) is 1. The van der Waals surface area contributed by atoms with Crippen LogP contribution in [-0.2, 0) is 0 Å². The number of carbonyl (C=O) groups is 1. The van der Waals surface area contributed by atoms with Crippen molar-refractivity contribution in [3.05, 3.63) is 54.8 Å². The van der Waals surface area contributed by atoms with Crippen molar-refractivity contribution < 1.29 is 9.53 Å². The van der Waals surface area contributed by atoms with Crippen LogP contribution in [0, 0.1) is 0 Å². The second-order valence-electron chi connectivity index (χ2n) is 3.50. The third-order valence-electron chi connectivity index (χ3n) is 2.46. The highest BCUT2D eigenvalue weighted by molar-refractivity contribution is 6.03. The number of ether oxygens (including phenoxy) is 1. The second-order valence-corrected chi connectivity index (χ2v) is 3.50. The van der Waals surface area contributed by atoms with E-state index in [1.54, 1.807) is 6.07 Å². The van der Waals surface area contributed by atoms with E-state index >= 15 is 0 Å². The predicted molar refractivity (Wildman–Crippen MR) is 64.8 cm³/mol. The Bertz CT molecular complexity index is 556. The lowest BCUT2D eigenvalue weighted by atomic mass is 10.0. The molecule has 0 aliphatic rings. The maximum atomic E-state index is 11.5. The van der Waals surface area contributed by atoms with Crippen LogP contribution in [0.5, 0.6) is 5.75 Å². The van der Waals surface area contributed by atoms with Gasteiger partial charge in [-0.1, -0.05) is 36.9 Å². The van der Waals surface area contributed by atoms with Crippen LogP contribution < -0.4 is 4.74 Å². The summed E-state index contributed by atoms with van der Waals surface area (Å²) in [6.45, 7) is 5.06. The van der Waals surface area contributed by atoms with Gasteiger partial charge in [0.2, 0.25) is 0 Å². The fourth-order valence-corrected chi connectivity index (χ4v) is 1.73. The molecule has 0 heterocycles. The fraction of sp³-hybridized carbons (Fsp3) is 0.0714. The Morgan fingerprint density at radius 3 is 2.69 bits per heavy atom. The van der Waals surface area contributed by atoms with E-state index in [1.165, 1.54) is 13.2 Å². The lowest BCUT2D eigenvalue weighted by Gasteiger charge is -2.09. The Morgan fingerprint density at radius 2 is 2.00 bits per heavy atom. The van der Waals surface area contributed by atoms with Gasteiger partial charge in [0.15, 0.2) is 5.78 Å². The first-order valence-electron chi connectivity index (χ1n) is 5.04. The van der Waals surface area contributed by atoms with Gasteiger partial charge in [0.05, 0.1) is 11.8 Å². The van der Waals surface area contributed by atoms with Crippen molar-refractivity contribution in [1.29, 1.82) is 0 Å². The van der Waals surface area contributed by atoms with E-state index in [9.17, 15) is 4.79 Å². The molecule has 0 aliphatic heterocycles. The van der Waals surface area contributed by atoms with Crippen LogP contribution in [0.15, 0.2) is 49.2 Å². The maximum absolute atomic E-state index is 11.5. The van der Waals surface area contributed by atoms with Gasteiger partial charge in [0, 0.05) is 5.39 Å². The summed E-state index contributed by atoms with van der Waals surface area (Å²) in [6, 6.07) is 11.5. The maximum Gasteiger partial charge on any atom is 0.163 e. The number of fused-ring (bicyclic) bond motifs is 1. The number of rotatable bonds is 3. The average Bonchev–Trinajstić information content (AvgIpc) is 2.29. The Labute approximate surface area is 94.2 Å². The zero-order valence-electron chi connectivity index (χ0n) is 9.07. The van der Waals surface area contributed by atoms with Gasteiger partial charge in [-0.25, -0.2) is 0 Å². The predicted octanol–water partition coefficient (Wildman–Crippen LogP) is 3.56. The Kier molecular flexibility index (Phi) is 2.73. The molecule has 0 amide bonds. The van der Waals surface area contributed by atoms with E-state index in [0.717, 1.165) is 10.8 Å². The van der Waals surface area contributed by atoms with Gasteiger partial charge in [-0.2, -0.15) is 0 Å². The third kappa shape index (κ3) is 1.70. The van der Waals surface area contributed by atoms with Gasteiger partial charge in [0.25, 0.3) is 0 Å². The lowest BCUT2D eigenvalue weighted by Crippen LogP contribution is -1.97. The number of carbonyl (C=O) groups excluding carboxylic acids is 1. The summed E-state index contributed by atoms with van der Waals surface area (Å²) in [5.74, 6) is 0.572. The van der Waals surface area contributed by atoms with Gasteiger partial charge < -0.3 is 4.74 Å². The molecule has 0 spiro atoms. The van der Waals surface area contributed by atoms with Crippen molar-refractivity contribution in [1.82, 2.24) is 0 Å². The van der Waals surface area contributed by atoms with E-state index in [1.807, 2.05) is 30.3 Å². The van der Waals surface area contributed by atoms with Crippen molar-refractivity contribution in [2.45, 2.75) is 6.92 Å². The molecule has 2 nitrogen and oxygen atoms in total. The van der Waals surface area contributed by atoms with Gasteiger partial charge in [-0.05, 0) is 18.4 Å². The molecule has 0 radical (unpaired) electrons. The van der Waals surface area contributed by atoms with Crippen LogP contribution in [0.25, 0.3) is 10.8 Å². The second kappa shape index (κ2) is 4.19. The molecule has 16 heavy (non-hydrogen) atoms. The lowest BCUT2D eigenvalue weighted by molar-refractivity contribution is 0.101. The normalized spacial score (nSPS) is 10.1. The zero-order valence-corrected chi connectivity index (χ0v) is 9.07. The van der Waals surface area contributed by atoms with Crippen molar-refractivity contribution in [3.63, 3.8) is 0 Å². The Hall–Kier alpha value is -2.09. The SMILES string of the molecule is C=COc1c(C(C)=O)ccc2ccccc12. The molecule has 0 N–H and O–H groups in total. The quantitative estimate of drug-likeness (QED) is 0.574. The van der Waals surface area contributed by atoms with Crippen LogP contribution in [0.1, 0.15) is 17.3 Å². The highest BCUT2D eigenvalue weighted by atomic mass is 16.5. The molecule has 0 atom stereocenters. The topological polar surface area (TPSA) is 26.3 Å². The van der Waals surface area contributed by atoms with Crippen LogP contribution in [0.4, 0.5) is 0 Å². The molecule has 2 heteroatoms. The molecule has 0 bridgehead atoms. The minimum absolute atomic E-state index is 0.0115. The Balaban J connectivity index is 2.78. The first kappa shape index (κ1) is 10.4. The van der Waals surface area contributed by atoms with E-state index in [0.29, 0.717) is 11.3 Å². The standard InChI is InChI=1S/C14H12O2/c1-3-16-14-12(10(2)15)9-8-11-6-4-5-7-13(11)14/h3-9H,1H2,2H3. The molecule has 0 saturated carbocycles. The van der Waals surface area contributed by atoms with Gasteiger partial charge >= 0.3 is 0 Å². The molecule has 80 valence electrons. The zero-order chi connectivity index (χ0) is 11.5. The first-order valence-corrected chi connectivity index (χ1v) is 5.04. The molecular weight excluding hydrogens is 200 g/mol. The van der Waals surface area contributed by atoms with Crippen LogP contribution in [0.2, 0.25) is 0 Å². The monoisotopic (exact) mass is 212 g/mol. The summed E-state index contributed by atoms with van der Waals surface area (Å²) >= 11 is 0. The largest absolute Gasteiger partial charge is 0.464 e. The third-order valence-corrected chi connectivity index (χ3v) is 2.46. The van der Waals surface area contributed by atoms with Crippen molar-refractivity contribution >= 4 is 16.6 Å². The molecule has 0 saturated heterocycles. The number of ketones is 1. The fourth-order valence-electron chi connectivity index (χ4n) is 1.73. The molecule has 0 fully saturated rings. The van der Waals surface area contributed by atoms with Gasteiger partial charge in [-0.15, -0.1) is 0 Å². The van der Waals surface area contributed by atoms with E-state index in [-0.39, 0.29) is 5.78 Å². The summed E-state index contributed by atoms with van der Waals surface area (Å²) in [5.41, 5.74) is 0.582. The summed E-state index contributed by atoms with van der Waals surface area (Å²) in [4.78, 5) is 11.5. The van der Waals surface area contributed by atoms with Crippen molar-refractivity contribution in [2.75, 3.05) is 0 Å². The molecule has 2 aromatic rings. The highest BCUT2D eigenvalue weighted by Crippen LogP contribution is 2.30. The van der Waals surface area contributed by atoms with Gasteiger partial charge in [0.1, 0.15) is 5.75 Å². The smallest absolute Gasteiger partial charge is 0.163 e. The number of hydrogen-bond acceptors (Lipinski definition) is 2. The Morgan fingerprint density at radius 1 is 1.25 bits per heavy atom. The van der Waals surface area contributed by atoms with Crippen LogP contribution >= 0.6 is 0 Å². The van der Waals surface area contributed by atoms with E-state index in [2.05, 4.69) is 6.58 Å². The summed E-state index contributed by atoms with van der Waals surface area (Å²) < 4.78 is 5.35. The molecular formula is C14H12O2. The van der Waals surface area contributed by atoms with Crippen LogP contribution in [-0.4, -0.2) is 5.78 Å². The number of benzene rings is 2. The first-order chi connectivity index (χ1) is 7.74. The van der Waals surface area contributed by atoms with Crippen LogP contribution in [0.3, 0.4) is 0 Å². The minimum atomic E-state index is -0.0115. The minimum Gasteiger partial charge on any atom is -0.464 e. The highest BCUT2D eigenvalue weighted by Gasteiger charge is 2.11. The van der Waals surface area contributed by atoms with E-state index in [4.69, 9.17) is 4.74 Å². The summed E-state index contributed by atoms with van der Waals surface area (Å²) in [7, 11) is 0. The van der Waals surface area contributed by atoms with Crippen molar-refractivity contribution in [3.8, 4) is 5.75 Å². The molecule has 0 aromatic heterocycles. The van der Waals surface area contributed by atoms with Gasteiger partial charge in [-0.3, -0.25) is 4.79 Å². The molecule has 2 rings (SSSR count). The molecule has 2 aromatic carbocycles. The molecule has 0 unspecified atom stereocenters. The summed E-state index contributed by atoms with van der Waals surface area (Å²) in [6.07, 6.45) is 1.34. The summed E-state index contributed by atoms with van der Waals surface area (Å²) in [5, 5.41) is 1.97.